The van der Waals surface area contributed by atoms with Crippen LogP contribution >= 0.6 is 0 Å². The van der Waals surface area contributed by atoms with Crippen LogP contribution in [0.2, 0.25) is 0 Å². The highest BCUT2D eigenvalue weighted by molar-refractivity contribution is 6.81. The second-order valence-corrected chi connectivity index (χ2v) is 7.31. The fourth-order valence-corrected chi connectivity index (χ4v) is 4.07. The Hall–Kier alpha value is -2.64. The van der Waals surface area contributed by atoms with Gasteiger partial charge in [-0.15, -0.1) is 0 Å². The number of likely N-dealkylation sites (N-methyl/N-ethyl adjacent to an activating group) is 1. The monoisotopic (exact) mass is 337 g/mol. The topological polar surface area (TPSA) is 73.1 Å². The third kappa shape index (κ3) is 2.06. The molecule has 0 spiro atoms. The number of hydrogen-bond acceptors (Lipinski definition) is 4. The third-order valence-electron chi connectivity index (χ3n) is 5.68. The van der Waals surface area contributed by atoms with Gasteiger partial charge >= 0.3 is 6.62 Å². The maximum Gasteiger partial charge on any atom is 0.488 e. The van der Waals surface area contributed by atoms with Crippen molar-refractivity contribution in [1.82, 2.24) is 4.92 Å². The van der Waals surface area contributed by atoms with Gasteiger partial charge in [-0.25, -0.2) is 5.10 Å². The van der Waals surface area contributed by atoms with Gasteiger partial charge in [0.05, 0.1) is 0 Å². The lowest BCUT2D eigenvalue weighted by atomic mass is 9.53. The molecule has 2 aromatic rings. The molecule has 2 aromatic carbocycles. The molecule has 2 aliphatic rings. The van der Waals surface area contributed by atoms with E-state index in [4.69, 9.17) is 0 Å². The van der Waals surface area contributed by atoms with Crippen LogP contribution < -0.4 is 5.46 Å². The first-order valence-corrected chi connectivity index (χ1v) is 8.31. The molecule has 0 bridgehead atoms. The fraction of sp³-hybridized carbons (Fsp3) is 0.222. The molecule has 128 valence electrons. The highest BCUT2D eigenvalue weighted by atomic mass is 16.3. The standard InChI is InChI=1S/C18H20BN3O3/c1-22(2)17(11-13-7-9-15(23)10-8-13)18(24)21-19(22,25)16-6-4-3-5-14(16)12-20-21/h3-10,12,17,23,25H,11H2,1-2H3/t17-,19-/m1/s1. The zero-order chi connectivity index (χ0) is 17.8. The molecule has 0 unspecified atom stereocenters. The first-order valence-electron chi connectivity index (χ1n) is 8.31. The van der Waals surface area contributed by atoms with Gasteiger partial charge in [-0.3, -0.25) is 4.79 Å². The molecule has 2 heterocycles. The molecular weight excluding hydrogens is 317 g/mol. The van der Waals surface area contributed by atoms with E-state index in [1.807, 2.05) is 38.4 Å². The van der Waals surface area contributed by atoms with Crippen LogP contribution in [0.25, 0.3) is 0 Å². The second-order valence-electron chi connectivity index (χ2n) is 7.31. The quantitative estimate of drug-likeness (QED) is 0.780. The first kappa shape index (κ1) is 15.9. The van der Waals surface area contributed by atoms with Crippen LogP contribution in [0, 0.1) is 0 Å². The number of benzene rings is 2. The number of amides is 1. The number of quaternary nitrogens is 1. The maximum atomic E-state index is 13.0. The summed E-state index contributed by atoms with van der Waals surface area (Å²) < 4.78 is 0.119. The van der Waals surface area contributed by atoms with Crippen molar-refractivity contribution < 1.29 is 19.3 Å². The van der Waals surface area contributed by atoms with E-state index < -0.39 is 12.7 Å². The normalized spacial score (nSPS) is 26.4. The minimum absolute atomic E-state index is 0.119. The molecule has 0 radical (unpaired) electrons. The Balaban J connectivity index is 1.79. The molecule has 4 rings (SSSR count). The largest absolute Gasteiger partial charge is 0.529 e. The number of phenols is 1. The summed E-state index contributed by atoms with van der Waals surface area (Å²) in [6, 6.07) is 13.9. The van der Waals surface area contributed by atoms with E-state index in [0.717, 1.165) is 16.6 Å². The summed E-state index contributed by atoms with van der Waals surface area (Å²) in [6.45, 7) is -2.36. The highest BCUT2D eigenvalue weighted by Gasteiger charge is 2.64. The maximum absolute atomic E-state index is 13.0. The zero-order valence-electron chi connectivity index (χ0n) is 14.2. The fourth-order valence-electron chi connectivity index (χ4n) is 4.07. The van der Waals surface area contributed by atoms with Crippen LogP contribution in [0.15, 0.2) is 53.6 Å². The van der Waals surface area contributed by atoms with Crippen LogP contribution in [0.5, 0.6) is 5.75 Å². The Morgan fingerprint density at radius 2 is 1.84 bits per heavy atom. The number of fused-ring (bicyclic) bond motifs is 3. The van der Waals surface area contributed by atoms with E-state index in [-0.39, 0.29) is 16.1 Å². The lowest BCUT2D eigenvalue weighted by Crippen LogP contribution is -2.76. The number of hydrogen-bond donors (Lipinski definition) is 2. The van der Waals surface area contributed by atoms with Crippen LogP contribution in [-0.2, 0) is 11.2 Å². The SMILES string of the molecule is C[N+]1(C)[C@H](Cc2ccc(O)cc2)C(=O)N2N=Cc3ccccc3[B@@-]21O. The lowest BCUT2D eigenvalue weighted by Gasteiger charge is -2.50. The summed E-state index contributed by atoms with van der Waals surface area (Å²) in [5, 5.41) is 25.4. The predicted octanol–water partition coefficient (Wildman–Crippen LogP) is 0.408. The van der Waals surface area contributed by atoms with Crippen molar-refractivity contribution >= 4 is 24.2 Å². The van der Waals surface area contributed by atoms with E-state index in [1.165, 1.54) is 4.92 Å². The Kier molecular flexibility index (Phi) is 3.29. The number of phenolic OH excluding ortho intramolecular Hbond substituents is 1. The van der Waals surface area contributed by atoms with E-state index in [0.29, 0.717) is 6.42 Å². The number of carbonyl (C=O) groups is 1. The molecular formula is C18H20BN3O3. The molecule has 2 aliphatic heterocycles. The molecule has 1 fully saturated rings. The van der Waals surface area contributed by atoms with Gasteiger partial charge in [0, 0.05) is 26.7 Å². The van der Waals surface area contributed by atoms with Gasteiger partial charge in [0.15, 0.2) is 0 Å². The lowest BCUT2D eigenvalue weighted by molar-refractivity contribution is -0.811. The van der Waals surface area contributed by atoms with Crippen molar-refractivity contribution in [3.63, 3.8) is 0 Å². The Morgan fingerprint density at radius 3 is 2.56 bits per heavy atom. The van der Waals surface area contributed by atoms with E-state index >= 15 is 0 Å². The number of nitrogens with zero attached hydrogens (tertiary/aromatic N) is 3. The van der Waals surface area contributed by atoms with Gasteiger partial charge in [-0.05, 0) is 23.3 Å². The van der Waals surface area contributed by atoms with Gasteiger partial charge in [-0.2, -0.15) is 0 Å². The van der Waals surface area contributed by atoms with Crippen molar-refractivity contribution in [3.8, 4) is 5.75 Å². The van der Waals surface area contributed by atoms with Crippen molar-refractivity contribution in [2.45, 2.75) is 12.5 Å². The van der Waals surface area contributed by atoms with Crippen LogP contribution in [0.3, 0.4) is 0 Å². The summed E-state index contributed by atoms with van der Waals surface area (Å²) in [4.78, 5) is 14.3. The Morgan fingerprint density at radius 1 is 1.16 bits per heavy atom. The van der Waals surface area contributed by atoms with Gasteiger partial charge < -0.3 is 19.4 Å². The average molecular weight is 337 g/mol. The summed E-state index contributed by atoms with van der Waals surface area (Å²) in [5.74, 6) is 0.000343. The van der Waals surface area contributed by atoms with E-state index in [9.17, 15) is 14.9 Å². The Bertz CT molecular complexity index is 881. The highest BCUT2D eigenvalue weighted by Crippen LogP contribution is 2.35. The molecule has 25 heavy (non-hydrogen) atoms. The van der Waals surface area contributed by atoms with Crippen molar-refractivity contribution in [3.05, 3.63) is 59.7 Å². The molecule has 0 saturated carbocycles. The van der Waals surface area contributed by atoms with Gasteiger partial charge in [0.25, 0.3) is 5.91 Å². The predicted molar refractivity (Wildman–Crippen MR) is 96.2 cm³/mol. The minimum atomic E-state index is -2.36. The second kappa shape index (κ2) is 5.18. The zero-order valence-corrected chi connectivity index (χ0v) is 14.2. The molecule has 2 atom stereocenters. The summed E-state index contributed by atoms with van der Waals surface area (Å²) in [5.41, 5.74) is 2.51. The van der Waals surface area contributed by atoms with E-state index in [1.54, 1.807) is 30.5 Å². The van der Waals surface area contributed by atoms with E-state index in [2.05, 4.69) is 5.10 Å². The van der Waals surface area contributed by atoms with Gasteiger partial charge in [-0.1, -0.05) is 41.9 Å². The Labute approximate surface area is 146 Å². The number of hydrazone groups is 1. The molecule has 6 nitrogen and oxygen atoms in total. The summed E-state index contributed by atoms with van der Waals surface area (Å²) in [7, 11) is 3.75. The van der Waals surface area contributed by atoms with Crippen molar-refractivity contribution in [1.29, 1.82) is 0 Å². The first-order chi connectivity index (χ1) is 11.9. The molecule has 2 N–H and O–H groups in total. The van der Waals surface area contributed by atoms with Gasteiger partial charge in [0.1, 0.15) is 11.8 Å². The molecule has 0 aliphatic carbocycles. The number of aromatic hydroxyl groups is 1. The minimum Gasteiger partial charge on any atom is -0.529 e. The van der Waals surface area contributed by atoms with Crippen LogP contribution in [0.4, 0.5) is 0 Å². The summed E-state index contributed by atoms with van der Waals surface area (Å²) in [6.07, 6.45) is 2.09. The van der Waals surface area contributed by atoms with Gasteiger partial charge in [0.2, 0.25) is 0 Å². The number of rotatable bonds is 2. The van der Waals surface area contributed by atoms with Crippen LogP contribution in [0.1, 0.15) is 11.1 Å². The number of carbonyl (C=O) groups excluding carboxylic acids is 1. The average Bonchev–Trinajstić information content (AvgIpc) is 2.75. The van der Waals surface area contributed by atoms with Crippen molar-refractivity contribution in [2.24, 2.45) is 5.10 Å². The molecule has 7 heteroatoms. The smallest absolute Gasteiger partial charge is 0.488 e. The van der Waals surface area contributed by atoms with Crippen LogP contribution in [-0.4, -0.2) is 58.3 Å². The molecule has 0 aromatic heterocycles. The molecule has 1 amide bonds. The summed E-state index contributed by atoms with van der Waals surface area (Å²) >= 11 is 0. The van der Waals surface area contributed by atoms with Crippen molar-refractivity contribution in [2.75, 3.05) is 14.1 Å². The molecule has 1 saturated heterocycles. The third-order valence-corrected chi connectivity index (χ3v) is 5.68.